The molecule has 1 rings (SSSR count). The van der Waals surface area contributed by atoms with E-state index in [0.29, 0.717) is 13.1 Å². The molecule has 1 amide bonds. The molecular weight excluding hydrogens is 196 g/mol. The molecule has 1 atom stereocenters. The number of carboxylic acid groups (broad SMARTS) is 1. The molecule has 1 unspecified atom stereocenters. The molecule has 1 aliphatic rings. The van der Waals surface area contributed by atoms with Gasteiger partial charge in [-0.1, -0.05) is 16.8 Å². The minimum absolute atomic E-state index is 0.0888. The van der Waals surface area contributed by atoms with Crippen LogP contribution in [0.2, 0.25) is 0 Å². The van der Waals surface area contributed by atoms with Crippen molar-refractivity contribution in [3.05, 3.63) is 0 Å². The van der Waals surface area contributed by atoms with Crippen LogP contribution in [-0.2, 0) is 0 Å². The zero-order valence-electron chi connectivity index (χ0n) is 6.98. The summed E-state index contributed by atoms with van der Waals surface area (Å²) in [6, 6.07) is 0. The van der Waals surface area contributed by atoms with Gasteiger partial charge in [0, 0.05) is 19.0 Å². The van der Waals surface area contributed by atoms with E-state index in [1.54, 1.807) is 0 Å². The minimum Gasteiger partial charge on any atom is -0.465 e. The van der Waals surface area contributed by atoms with Crippen LogP contribution in [0.4, 0.5) is 4.79 Å². The van der Waals surface area contributed by atoms with E-state index in [2.05, 4.69) is 5.16 Å². The standard InChI is InChI=1S/C7H11ClN2O3/c8-6(9-13)5-2-1-3-10(4-5)7(11)12/h5,13H,1-4H2,(H,11,12). The van der Waals surface area contributed by atoms with Gasteiger partial charge in [0.2, 0.25) is 0 Å². The van der Waals surface area contributed by atoms with Crippen molar-refractivity contribution in [1.82, 2.24) is 4.90 Å². The second-order valence-corrected chi connectivity index (χ2v) is 3.38. The maximum Gasteiger partial charge on any atom is 0.407 e. The van der Waals surface area contributed by atoms with Crippen LogP contribution >= 0.6 is 11.6 Å². The van der Waals surface area contributed by atoms with Crippen LogP contribution in [0, 0.1) is 5.92 Å². The molecule has 0 aromatic rings. The molecule has 13 heavy (non-hydrogen) atoms. The quantitative estimate of drug-likeness (QED) is 0.387. The summed E-state index contributed by atoms with van der Waals surface area (Å²) in [4.78, 5) is 11.9. The Morgan fingerprint density at radius 3 is 2.85 bits per heavy atom. The summed E-state index contributed by atoms with van der Waals surface area (Å²) in [7, 11) is 0. The van der Waals surface area contributed by atoms with Gasteiger partial charge in [0.25, 0.3) is 0 Å². The van der Waals surface area contributed by atoms with Gasteiger partial charge >= 0.3 is 6.09 Å². The van der Waals surface area contributed by atoms with E-state index in [4.69, 9.17) is 21.9 Å². The zero-order chi connectivity index (χ0) is 9.84. The van der Waals surface area contributed by atoms with Crippen LogP contribution < -0.4 is 0 Å². The number of halogens is 1. The molecule has 74 valence electrons. The van der Waals surface area contributed by atoms with Crippen molar-refractivity contribution in [3.8, 4) is 0 Å². The Kier molecular flexibility index (Phi) is 3.36. The van der Waals surface area contributed by atoms with Gasteiger partial charge in [-0.05, 0) is 12.8 Å². The molecule has 1 aliphatic heterocycles. The summed E-state index contributed by atoms with van der Waals surface area (Å²) in [6.45, 7) is 0.847. The Labute approximate surface area is 80.6 Å². The Bertz CT molecular complexity index is 232. The maximum absolute atomic E-state index is 10.6. The van der Waals surface area contributed by atoms with Gasteiger partial charge in [0.1, 0.15) is 5.17 Å². The lowest BCUT2D eigenvalue weighted by atomic mass is 10.00. The summed E-state index contributed by atoms with van der Waals surface area (Å²) in [5, 5.41) is 20.1. The average Bonchev–Trinajstić information content (AvgIpc) is 2.17. The molecule has 0 bridgehead atoms. The first-order valence-corrected chi connectivity index (χ1v) is 4.38. The Morgan fingerprint density at radius 1 is 1.62 bits per heavy atom. The summed E-state index contributed by atoms with van der Waals surface area (Å²) in [6.07, 6.45) is 0.571. The Morgan fingerprint density at radius 2 is 2.31 bits per heavy atom. The molecule has 1 saturated heterocycles. The molecule has 0 spiro atoms. The third kappa shape index (κ3) is 2.48. The second-order valence-electron chi connectivity index (χ2n) is 2.99. The van der Waals surface area contributed by atoms with Crippen LogP contribution in [0.1, 0.15) is 12.8 Å². The van der Waals surface area contributed by atoms with Crippen LogP contribution in [0.5, 0.6) is 0 Å². The highest BCUT2D eigenvalue weighted by Crippen LogP contribution is 2.19. The topological polar surface area (TPSA) is 73.1 Å². The molecular formula is C7H11ClN2O3. The fourth-order valence-electron chi connectivity index (χ4n) is 1.43. The molecule has 0 aromatic heterocycles. The van der Waals surface area contributed by atoms with Crippen molar-refractivity contribution in [3.63, 3.8) is 0 Å². The van der Waals surface area contributed by atoms with Gasteiger partial charge in [-0.3, -0.25) is 0 Å². The number of carbonyl (C=O) groups is 1. The molecule has 0 saturated carbocycles. The van der Waals surface area contributed by atoms with Gasteiger partial charge in [0.05, 0.1) is 0 Å². The lowest BCUT2D eigenvalue weighted by molar-refractivity contribution is 0.129. The van der Waals surface area contributed by atoms with Crippen molar-refractivity contribution >= 4 is 22.9 Å². The van der Waals surface area contributed by atoms with Gasteiger partial charge < -0.3 is 15.2 Å². The van der Waals surface area contributed by atoms with E-state index >= 15 is 0 Å². The molecule has 5 nitrogen and oxygen atoms in total. The van der Waals surface area contributed by atoms with Gasteiger partial charge in [-0.2, -0.15) is 0 Å². The van der Waals surface area contributed by atoms with E-state index in [1.165, 1.54) is 4.90 Å². The van der Waals surface area contributed by atoms with Gasteiger partial charge in [-0.15, -0.1) is 0 Å². The largest absolute Gasteiger partial charge is 0.465 e. The lowest BCUT2D eigenvalue weighted by Gasteiger charge is -2.29. The number of oxime groups is 1. The molecule has 2 N–H and O–H groups in total. The fraction of sp³-hybridized carbons (Fsp3) is 0.714. The lowest BCUT2D eigenvalue weighted by Crippen LogP contribution is -2.40. The van der Waals surface area contributed by atoms with Crippen LogP contribution in [-0.4, -0.2) is 39.6 Å². The first-order valence-electron chi connectivity index (χ1n) is 4.00. The highest BCUT2D eigenvalue weighted by atomic mass is 35.5. The minimum atomic E-state index is -0.952. The maximum atomic E-state index is 10.6. The summed E-state index contributed by atoms with van der Waals surface area (Å²) in [5.74, 6) is -0.156. The Hall–Kier alpha value is -0.970. The summed E-state index contributed by atoms with van der Waals surface area (Å²) in [5.41, 5.74) is 0. The molecule has 0 radical (unpaired) electrons. The third-order valence-corrected chi connectivity index (χ3v) is 2.51. The molecule has 0 aliphatic carbocycles. The van der Waals surface area contributed by atoms with Crippen molar-refractivity contribution in [1.29, 1.82) is 0 Å². The molecule has 1 heterocycles. The second kappa shape index (κ2) is 4.32. The number of nitrogens with zero attached hydrogens (tertiary/aromatic N) is 2. The summed E-state index contributed by atoms with van der Waals surface area (Å²) < 4.78 is 0. The number of rotatable bonds is 1. The van der Waals surface area contributed by atoms with Crippen molar-refractivity contribution < 1.29 is 15.1 Å². The van der Waals surface area contributed by atoms with E-state index in [-0.39, 0.29) is 11.1 Å². The van der Waals surface area contributed by atoms with Crippen molar-refractivity contribution in [2.75, 3.05) is 13.1 Å². The van der Waals surface area contributed by atoms with Crippen molar-refractivity contribution in [2.24, 2.45) is 11.1 Å². The SMILES string of the molecule is O=C(O)N1CCCC(C(Cl)=NO)C1. The number of amides is 1. The first-order chi connectivity index (χ1) is 6.15. The van der Waals surface area contributed by atoms with Crippen LogP contribution in [0.3, 0.4) is 0 Å². The number of piperidine rings is 1. The molecule has 6 heteroatoms. The third-order valence-electron chi connectivity index (χ3n) is 2.12. The van der Waals surface area contributed by atoms with Crippen molar-refractivity contribution in [2.45, 2.75) is 12.8 Å². The monoisotopic (exact) mass is 206 g/mol. The predicted molar refractivity (Wildman–Crippen MR) is 47.4 cm³/mol. The highest BCUT2D eigenvalue weighted by molar-refractivity contribution is 6.65. The van der Waals surface area contributed by atoms with Crippen LogP contribution in [0.15, 0.2) is 5.16 Å². The number of likely N-dealkylation sites (tertiary alicyclic amines) is 1. The molecule has 1 fully saturated rings. The van der Waals surface area contributed by atoms with Gasteiger partial charge in [0.15, 0.2) is 0 Å². The fourth-order valence-corrected chi connectivity index (χ4v) is 1.61. The van der Waals surface area contributed by atoms with Gasteiger partial charge in [-0.25, -0.2) is 4.79 Å². The Balaban J connectivity index is 2.56. The van der Waals surface area contributed by atoms with Crippen LogP contribution in [0.25, 0.3) is 0 Å². The highest BCUT2D eigenvalue weighted by Gasteiger charge is 2.26. The average molecular weight is 207 g/mol. The van der Waals surface area contributed by atoms with E-state index < -0.39 is 6.09 Å². The smallest absolute Gasteiger partial charge is 0.407 e. The predicted octanol–water partition coefficient (Wildman–Crippen LogP) is 1.40. The normalized spacial score (nSPS) is 24.5. The number of hydrogen-bond acceptors (Lipinski definition) is 3. The van der Waals surface area contributed by atoms with E-state index in [9.17, 15) is 4.79 Å². The van der Waals surface area contributed by atoms with E-state index in [0.717, 1.165) is 12.8 Å². The first kappa shape index (κ1) is 10.1. The number of hydrogen-bond donors (Lipinski definition) is 2. The van der Waals surface area contributed by atoms with E-state index in [1.807, 2.05) is 0 Å². The zero-order valence-corrected chi connectivity index (χ0v) is 7.74. The summed E-state index contributed by atoms with van der Waals surface area (Å²) >= 11 is 5.59. The molecule has 0 aromatic carbocycles.